The molecule has 0 aliphatic heterocycles. The van der Waals surface area contributed by atoms with Gasteiger partial charge < -0.3 is 20.1 Å². The van der Waals surface area contributed by atoms with Gasteiger partial charge in [0, 0.05) is 47.0 Å². The van der Waals surface area contributed by atoms with Crippen LogP contribution in [-0.2, 0) is 0 Å². The van der Waals surface area contributed by atoms with Crippen LogP contribution in [0, 0.1) is 15.2 Å². The van der Waals surface area contributed by atoms with Crippen LogP contribution < -0.4 is 5.32 Å². The van der Waals surface area contributed by atoms with Crippen molar-refractivity contribution in [1.82, 2.24) is 19.5 Å². The summed E-state index contributed by atoms with van der Waals surface area (Å²) in [5.74, 6) is 0.805. The Labute approximate surface area is 140 Å². The van der Waals surface area contributed by atoms with Crippen molar-refractivity contribution in [2.75, 3.05) is 19.0 Å². The van der Waals surface area contributed by atoms with Crippen LogP contribution in [0.3, 0.4) is 0 Å². The quantitative estimate of drug-likeness (QED) is 0.394. The zero-order valence-corrected chi connectivity index (χ0v) is 14.1. The Kier molecular flexibility index (Phi) is 3.17. The highest BCUT2D eigenvalue weighted by atomic mass is 127. The Balaban J connectivity index is 1.83. The van der Waals surface area contributed by atoms with E-state index in [0.29, 0.717) is 16.1 Å². The van der Waals surface area contributed by atoms with E-state index in [1.807, 2.05) is 17.7 Å². The monoisotopic (exact) mass is 413 g/mol. The van der Waals surface area contributed by atoms with Crippen molar-refractivity contribution in [3.8, 4) is 0 Å². The van der Waals surface area contributed by atoms with Crippen LogP contribution in [0.2, 0.25) is 0 Å². The standard InChI is InChI=1S/C14H16IN5O2/c1-16-11-10-12(19-13(15)18-11)20(6-17-10)8-4-9(22)14(5-21)3-2-7(8)14/h2-3,6-9,21-22H,4-5H2,1H3,(H,16,18,19)/t7-,8+,9+,14+/m1/s1. The number of fused-ring (bicyclic) bond motifs is 2. The molecule has 4 rings (SSSR count). The lowest BCUT2D eigenvalue weighted by molar-refractivity contribution is 0.0117. The first-order chi connectivity index (χ1) is 10.6. The predicted octanol–water partition coefficient (Wildman–Crippen LogP) is 0.943. The highest BCUT2D eigenvalue weighted by Crippen LogP contribution is 2.56. The summed E-state index contributed by atoms with van der Waals surface area (Å²) in [5, 5.41) is 23.1. The third-order valence-electron chi connectivity index (χ3n) is 5.00. The van der Waals surface area contributed by atoms with Gasteiger partial charge in [0.15, 0.2) is 20.8 Å². The van der Waals surface area contributed by atoms with Crippen molar-refractivity contribution < 1.29 is 10.2 Å². The highest BCUT2D eigenvalue weighted by Gasteiger charge is 2.57. The molecule has 1 saturated carbocycles. The van der Waals surface area contributed by atoms with Crippen molar-refractivity contribution in [3.05, 3.63) is 22.3 Å². The van der Waals surface area contributed by atoms with Gasteiger partial charge in [0.25, 0.3) is 0 Å². The van der Waals surface area contributed by atoms with Crippen molar-refractivity contribution in [1.29, 1.82) is 0 Å². The molecule has 0 spiro atoms. The maximum absolute atomic E-state index is 10.4. The smallest absolute Gasteiger partial charge is 0.194 e. The first-order valence-electron chi connectivity index (χ1n) is 7.17. The third kappa shape index (κ3) is 1.71. The maximum Gasteiger partial charge on any atom is 0.194 e. The van der Waals surface area contributed by atoms with Gasteiger partial charge in [-0.3, -0.25) is 0 Å². The molecule has 0 amide bonds. The summed E-state index contributed by atoms with van der Waals surface area (Å²) in [6.07, 6.45) is 5.79. The van der Waals surface area contributed by atoms with Gasteiger partial charge in [-0.05, 0) is 6.42 Å². The molecule has 2 aromatic heterocycles. The Morgan fingerprint density at radius 3 is 2.91 bits per heavy atom. The lowest BCUT2D eigenvalue weighted by Gasteiger charge is -2.40. The molecule has 2 aliphatic carbocycles. The summed E-state index contributed by atoms with van der Waals surface area (Å²) >= 11 is 2.09. The van der Waals surface area contributed by atoms with Crippen LogP contribution in [-0.4, -0.2) is 49.5 Å². The zero-order chi connectivity index (χ0) is 15.5. The summed E-state index contributed by atoms with van der Waals surface area (Å²) in [7, 11) is 1.81. The van der Waals surface area contributed by atoms with Gasteiger partial charge in [0.1, 0.15) is 0 Å². The van der Waals surface area contributed by atoms with Gasteiger partial charge in [-0.25, -0.2) is 15.0 Å². The largest absolute Gasteiger partial charge is 0.395 e. The molecule has 22 heavy (non-hydrogen) atoms. The first-order valence-corrected chi connectivity index (χ1v) is 8.24. The van der Waals surface area contributed by atoms with E-state index in [2.05, 4.69) is 48.9 Å². The molecule has 0 aromatic carbocycles. The van der Waals surface area contributed by atoms with E-state index in [9.17, 15) is 10.2 Å². The van der Waals surface area contributed by atoms with Crippen molar-refractivity contribution >= 4 is 39.6 Å². The number of nitrogens with one attached hydrogen (secondary N) is 1. The lowest BCUT2D eigenvalue weighted by atomic mass is 9.68. The summed E-state index contributed by atoms with van der Waals surface area (Å²) in [6.45, 7) is -0.0350. The normalized spacial score (nSPS) is 33.0. The van der Waals surface area contributed by atoms with Crippen LogP contribution >= 0.6 is 22.6 Å². The SMILES string of the molecule is CNc1nc(I)nc2c1ncn2[C@H]1C[C@H](O)[C@]2(CO)C=C[C@H]12. The fourth-order valence-electron chi connectivity index (χ4n) is 3.73. The van der Waals surface area contributed by atoms with Crippen LogP contribution in [0.25, 0.3) is 11.2 Å². The number of rotatable bonds is 3. The molecule has 1 fully saturated rings. The number of halogens is 1. The molecular weight excluding hydrogens is 397 g/mol. The molecule has 0 saturated heterocycles. The number of aliphatic hydroxyl groups is 2. The fraction of sp³-hybridized carbons (Fsp3) is 0.500. The molecule has 2 aliphatic rings. The molecule has 0 bridgehead atoms. The highest BCUT2D eigenvalue weighted by molar-refractivity contribution is 14.1. The summed E-state index contributed by atoms with van der Waals surface area (Å²) < 4.78 is 2.65. The molecule has 7 nitrogen and oxygen atoms in total. The van der Waals surface area contributed by atoms with E-state index < -0.39 is 11.5 Å². The number of nitrogens with zero attached hydrogens (tertiary/aromatic N) is 4. The van der Waals surface area contributed by atoms with Gasteiger partial charge in [0.2, 0.25) is 0 Å². The molecule has 2 heterocycles. The second-order valence-corrected chi connectivity index (χ2v) is 6.85. The van der Waals surface area contributed by atoms with Crippen LogP contribution in [0.5, 0.6) is 0 Å². The van der Waals surface area contributed by atoms with Gasteiger partial charge >= 0.3 is 0 Å². The van der Waals surface area contributed by atoms with E-state index >= 15 is 0 Å². The molecule has 0 unspecified atom stereocenters. The number of anilines is 1. The number of hydrogen-bond donors (Lipinski definition) is 3. The topological polar surface area (TPSA) is 96.1 Å². The minimum Gasteiger partial charge on any atom is -0.395 e. The zero-order valence-electron chi connectivity index (χ0n) is 11.9. The number of hydrogen-bond acceptors (Lipinski definition) is 6. The Morgan fingerprint density at radius 1 is 1.50 bits per heavy atom. The van der Waals surface area contributed by atoms with Crippen LogP contribution in [0.1, 0.15) is 12.5 Å². The van der Waals surface area contributed by atoms with E-state index in [4.69, 9.17) is 0 Å². The summed E-state index contributed by atoms with van der Waals surface area (Å²) in [5.41, 5.74) is 0.977. The molecule has 2 aromatic rings. The molecule has 8 heteroatoms. The minimum absolute atomic E-state index is 0.0350. The molecule has 116 valence electrons. The summed E-state index contributed by atoms with van der Waals surface area (Å²) in [6, 6.07) is 0.0487. The van der Waals surface area contributed by atoms with Crippen LogP contribution in [0.4, 0.5) is 5.82 Å². The van der Waals surface area contributed by atoms with Crippen molar-refractivity contribution in [3.63, 3.8) is 0 Å². The van der Waals surface area contributed by atoms with E-state index in [0.717, 1.165) is 11.2 Å². The first kappa shape index (κ1) is 14.3. The van der Waals surface area contributed by atoms with Crippen LogP contribution in [0.15, 0.2) is 18.5 Å². The average molecular weight is 413 g/mol. The maximum atomic E-state index is 10.4. The minimum atomic E-state index is -0.542. The molecular formula is C14H16IN5O2. The summed E-state index contributed by atoms with van der Waals surface area (Å²) in [4.78, 5) is 13.3. The van der Waals surface area contributed by atoms with E-state index in [1.165, 1.54) is 0 Å². The van der Waals surface area contributed by atoms with E-state index in [1.54, 1.807) is 6.33 Å². The van der Waals surface area contributed by atoms with Gasteiger partial charge in [-0.1, -0.05) is 12.2 Å². The van der Waals surface area contributed by atoms with Crippen molar-refractivity contribution in [2.24, 2.45) is 11.3 Å². The number of aromatic nitrogens is 4. The predicted molar refractivity (Wildman–Crippen MR) is 89.4 cm³/mol. The van der Waals surface area contributed by atoms with Crippen molar-refractivity contribution in [2.45, 2.75) is 18.6 Å². The van der Waals surface area contributed by atoms with Gasteiger partial charge in [0.05, 0.1) is 19.0 Å². The second kappa shape index (κ2) is 4.87. The Hall–Kier alpha value is -1.26. The Bertz CT molecular complexity index is 776. The number of allylic oxidation sites excluding steroid dienone is 1. The molecule has 4 atom stereocenters. The Morgan fingerprint density at radius 2 is 2.32 bits per heavy atom. The second-order valence-electron chi connectivity index (χ2n) is 5.89. The molecule has 3 N–H and O–H groups in total. The van der Waals surface area contributed by atoms with Gasteiger partial charge in [-0.2, -0.15) is 0 Å². The number of imidazole rings is 1. The third-order valence-corrected chi connectivity index (χ3v) is 5.48. The lowest BCUT2D eigenvalue weighted by Crippen LogP contribution is -2.42. The fourth-order valence-corrected chi connectivity index (χ4v) is 4.20. The van der Waals surface area contributed by atoms with Gasteiger partial charge in [-0.15, -0.1) is 0 Å². The average Bonchev–Trinajstić information content (AvgIpc) is 2.95. The molecule has 0 radical (unpaired) electrons. The van der Waals surface area contributed by atoms with E-state index in [-0.39, 0.29) is 18.6 Å². The number of aliphatic hydroxyl groups excluding tert-OH is 2.